The van der Waals surface area contributed by atoms with E-state index in [1.807, 2.05) is 0 Å². The van der Waals surface area contributed by atoms with E-state index in [9.17, 15) is 4.79 Å². The third-order valence-electron chi connectivity index (χ3n) is 1.85. The molecule has 2 heterocycles. The van der Waals surface area contributed by atoms with Crippen LogP contribution < -0.4 is 0 Å². The van der Waals surface area contributed by atoms with Gasteiger partial charge in [-0.1, -0.05) is 5.16 Å². The smallest absolute Gasteiger partial charge is 0.315 e. The van der Waals surface area contributed by atoms with E-state index >= 15 is 0 Å². The van der Waals surface area contributed by atoms with Crippen molar-refractivity contribution in [3.63, 3.8) is 0 Å². The van der Waals surface area contributed by atoms with Crippen molar-refractivity contribution in [3.8, 4) is 11.4 Å². The predicted molar refractivity (Wildman–Crippen MR) is 52.3 cm³/mol. The average molecular weight is 222 g/mol. The minimum Gasteiger partial charge on any atom is -0.472 e. The zero-order valence-electron chi connectivity index (χ0n) is 8.67. The molecule has 0 atom stereocenters. The van der Waals surface area contributed by atoms with Crippen LogP contribution in [-0.4, -0.2) is 22.7 Å². The third kappa shape index (κ3) is 2.28. The number of hydrogen-bond acceptors (Lipinski definition) is 6. The first-order valence-corrected chi connectivity index (χ1v) is 4.80. The Balaban J connectivity index is 2.06. The average Bonchev–Trinajstić information content (AvgIpc) is 2.86. The summed E-state index contributed by atoms with van der Waals surface area (Å²) in [5.74, 6) is 0.243. The van der Waals surface area contributed by atoms with Crippen molar-refractivity contribution in [1.29, 1.82) is 0 Å². The molecule has 2 aromatic rings. The molecule has 6 heteroatoms. The van der Waals surface area contributed by atoms with Gasteiger partial charge in [-0.3, -0.25) is 4.79 Å². The molecule has 0 aromatic carbocycles. The summed E-state index contributed by atoms with van der Waals surface area (Å²) in [7, 11) is 0. The molecule has 0 N–H and O–H groups in total. The number of esters is 1. The van der Waals surface area contributed by atoms with Crippen molar-refractivity contribution in [2.45, 2.75) is 13.3 Å². The minimum absolute atomic E-state index is 0.0152. The van der Waals surface area contributed by atoms with Crippen LogP contribution in [-0.2, 0) is 16.0 Å². The highest BCUT2D eigenvalue weighted by Crippen LogP contribution is 2.15. The molecular formula is C10H10N2O4. The summed E-state index contributed by atoms with van der Waals surface area (Å²) in [6.07, 6.45) is 2.99. The quantitative estimate of drug-likeness (QED) is 0.728. The molecular weight excluding hydrogens is 212 g/mol. The Morgan fingerprint density at radius 3 is 3.12 bits per heavy atom. The van der Waals surface area contributed by atoms with Crippen LogP contribution in [0.5, 0.6) is 0 Å². The summed E-state index contributed by atoms with van der Waals surface area (Å²) in [5, 5.41) is 3.72. The Bertz CT molecular complexity index is 461. The molecule has 0 bridgehead atoms. The second kappa shape index (κ2) is 4.61. The number of carbonyl (C=O) groups is 1. The molecule has 0 aliphatic carbocycles. The van der Waals surface area contributed by atoms with Gasteiger partial charge in [0.15, 0.2) is 0 Å². The molecule has 84 valence electrons. The largest absolute Gasteiger partial charge is 0.472 e. The lowest BCUT2D eigenvalue weighted by molar-refractivity contribution is -0.142. The van der Waals surface area contributed by atoms with E-state index in [2.05, 4.69) is 10.1 Å². The molecule has 0 aliphatic heterocycles. The summed E-state index contributed by atoms with van der Waals surface area (Å²) in [4.78, 5) is 15.2. The lowest BCUT2D eigenvalue weighted by atomic mass is 10.3. The van der Waals surface area contributed by atoms with E-state index < -0.39 is 0 Å². The van der Waals surface area contributed by atoms with Crippen LogP contribution in [0.1, 0.15) is 12.8 Å². The highest BCUT2D eigenvalue weighted by atomic mass is 16.5. The molecule has 0 fully saturated rings. The third-order valence-corrected chi connectivity index (χ3v) is 1.85. The van der Waals surface area contributed by atoms with E-state index in [1.54, 1.807) is 13.0 Å². The fourth-order valence-corrected chi connectivity index (χ4v) is 1.17. The summed E-state index contributed by atoms with van der Waals surface area (Å²) in [6, 6.07) is 1.71. The zero-order valence-corrected chi connectivity index (χ0v) is 8.67. The molecule has 0 aliphatic rings. The van der Waals surface area contributed by atoms with Gasteiger partial charge in [0.2, 0.25) is 11.7 Å². The highest BCUT2D eigenvalue weighted by molar-refractivity contribution is 5.71. The zero-order chi connectivity index (χ0) is 11.4. The fourth-order valence-electron chi connectivity index (χ4n) is 1.17. The molecule has 0 unspecified atom stereocenters. The van der Waals surface area contributed by atoms with Crippen LogP contribution in [0.15, 0.2) is 27.5 Å². The van der Waals surface area contributed by atoms with Crippen LogP contribution in [0.3, 0.4) is 0 Å². The van der Waals surface area contributed by atoms with Gasteiger partial charge >= 0.3 is 5.97 Å². The standard InChI is InChI=1S/C10H10N2O4/c1-2-15-9(13)5-8-11-10(12-16-8)7-3-4-14-6-7/h3-4,6H,2,5H2,1H3. The number of aromatic nitrogens is 2. The van der Waals surface area contributed by atoms with Gasteiger partial charge in [0.25, 0.3) is 0 Å². The highest BCUT2D eigenvalue weighted by Gasteiger charge is 2.13. The van der Waals surface area contributed by atoms with Crippen LogP contribution in [0.2, 0.25) is 0 Å². The van der Waals surface area contributed by atoms with Gasteiger partial charge in [-0.2, -0.15) is 4.98 Å². The van der Waals surface area contributed by atoms with Gasteiger partial charge in [0.1, 0.15) is 12.7 Å². The Morgan fingerprint density at radius 2 is 2.44 bits per heavy atom. The van der Waals surface area contributed by atoms with Crippen LogP contribution >= 0.6 is 0 Å². The van der Waals surface area contributed by atoms with Gasteiger partial charge in [-0.25, -0.2) is 0 Å². The normalized spacial score (nSPS) is 10.3. The first-order valence-electron chi connectivity index (χ1n) is 4.80. The summed E-state index contributed by atoms with van der Waals surface area (Å²) >= 11 is 0. The van der Waals surface area contributed by atoms with Crippen molar-refractivity contribution >= 4 is 5.97 Å². The second-order valence-electron chi connectivity index (χ2n) is 3.01. The lowest BCUT2D eigenvalue weighted by Gasteiger charge is -1.96. The predicted octanol–water partition coefficient (Wildman–Crippen LogP) is 1.44. The van der Waals surface area contributed by atoms with Crippen molar-refractivity contribution in [3.05, 3.63) is 24.5 Å². The van der Waals surface area contributed by atoms with E-state index in [0.717, 1.165) is 0 Å². The van der Waals surface area contributed by atoms with Crippen molar-refractivity contribution < 1.29 is 18.5 Å². The maximum absolute atomic E-state index is 11.1. The summed E-state index contributed by atoms with van der Waals surface area (Å²) < 4.78 is 14.5. The molecule has 6 nitrogen and oxygen atoms in total. The SMILES string of the molecule is CCOC(=O)Cc1nc(-c2ccoc2)no1. The molecule has 0 saturated carbocycles. The molecule has 2 aromatic heterocycles. The maximum atomic E-state index is 11.1. The number of hydrogen-bond donors (Lipinski definition) is 0. The molecule has 2 rings (SSSR count). The number of nitrogens with zero attached hydrogens (tertiary/aromatic N) is 2. The van der Waals surface area contributed by atoms with Crippen LogP contribution in [0.4, 0.5) is 0 Å². The first-order chi connectivity index (χ1) is 7.79. The second-order valence-corrected chi connectivity index (χ2v) is 3.01. The summed E-state index contributed by atoms with van der Waals surface area (Å²) in [5.41, 5.74) is 0.707. The number of rotatable bonds is 4. The van der Waals surface area contributed by atoms with Gasteiger partial charge < -0.3 is 13.7 Å². The Labute approximate surface area is 91.2 Å². The van der Waals surface area contributed by atoms with Gasteiger partial charge in [-0.15, -0.1) is 0 Å². The minimum atomic E-state index is -0.384. The summed E-state index contributed by atoms with van der Waals surface area (Å²) in [6.45, 7) is 2.07. The van der Waals surface area contributed by atoms with E-state index in [1.165, 1.54) is 12.5 Å². The van der Waals surface area contributed by atoms with Gasteiger partial charge in [0, 0.05) is 0 Å². The van der Waals surface area contributed by atoms with Gasteiger partial charge in [-0.05, 0) is 13.0 Å². The number of ether oxygens (including phenoxy) is 1. The van der Waals surface area contributed by atoms with Crippen molar-refractivity contribution in [2.24, 2.45) is 0 Å². The molecule has 0 saturated heterocycles. The Kier molecular flexibility index (Phi) is 3.00. The molecule has 0 spiro atoms. The Morgan fingerprint density at radius 1 is 1.56 bits per heavy atom. The van der Waals surface area contributed by atoms with Gasteiger partial charge in [0.05, 0.1) is 18.4 Å². The van der Waals surface area contributed by atoms with E-state index in [4.69, 9.17) is 13.7 Å². The molecule has 16 heavy (non-hydrogen) atoms. The van der Waals surface area contributed by atoms with E-state index in [-0.39, 0.29) is 18.3 Å². The monoisotopic (exact) mass is 222 g/mol. The topological polar surface area (TPSA) is 78.4 Å². The van der Waals surface area contributed by atoms with Crippen molar-refractivity contribution in [2.75, 3.05) is 6.61 Å². The van der Waals surface area contributed by atoms with Crippen LogP contribution in [0, 0.1) is 0 Å². The maximum Gasteiger partial charge on any atom is 0.315 e. The number of furan rings is 1. The van der Waals surface area contributed by atoms with E-state index in [0.29, 0.717) is 18.0 Å². The molecule has 0 radical (unpaired) electrons. The van der Waals surface area contributed by atoms with Crippen molar-refractivity contribution in [1.82, 2.24) is 10.1 Å². The first kappa shape index (κ1) is 10.4. The molecule has 0 amide bonds. The van der Waals surface area contributed by atoms with Crippen LogP contribution in [0.25, 0.3) is 11.4 Å². The lowest BCUT2D eigenvalue weighted by Crippen LogP contribution is -2.07. The Hall–Kier alpha value is -2.11. The fraction of sp³-hybridized carbons (Fsp3) is 0.300. The number of carbonyl (C=O) groups excluding carboxylic acids is 1.